The molecule has 0 spiro atoms. The molecule has 0 aliphatic rings. The van der Waals surface area contributed by atoms with Crippen molar-refractivity contribution in [3.8, 4) is 5.75 Å². The maximum Gasteiger partial charge on any atom is 0.339 e. The summed E-state index contributed by atoms with van der Waals surface area (Å²) in [6.07, 6.45) is 0. The van der Waals surface area contributed by atoms with Gasteiger partial charge in [0.15, 0.2) is 5.75 Å². The van der Waals surface area contributed by atoms with E-state index in [1.807, 2.05) is 6.92 Å². The molecule has 23 heavy (non-hydrogen) atoms. The second-order valence-electron chi connectivity index (χ2n) is 5.06. The molecule has 0 heterocycles. The minimum atomic E-state index is -3.92. The second-order valence-corrected chi connectivity index (χ2v) is 7.39. The molecule has 0 saturated carbocycles. The molecule has 0 bridgehead atoms. The van der Waals surface area contributed by atoms with Gasteiger partial charge in [-0.25, -0.2) is 0 Å². The average Bonchev–Trinajstić information content (AvgIpc) is 2.51. The van der Waals surface area contributed by atoms with Crippen molar-refractivity contribution < 1.29 is 12.6 Å². The van der Waals surface area contributed by atoms with Gasteiger partial charge in [-0.3, -0.25) is 0 Å². The van der Waals surface area contributed by atoms with Crippen LogP contribution in [0.4, 0.5) is 0 Å². The van der Waals surface area contributed by atoms with Crippen LogP contribution in [0.5, 0.6) is 5.75 Å². The van der Waals surface area contributed by atoms with Crippen LogP contribution in [0.1, 0.15) is 5.56 Å². The van der Waals surface area contributed by atoms with Crippen molar-refractivity contribution >= 4 is 44.1 Å². The molecule has 0 aliphatic heterocycles. The van der Waals surface area contributed by atoms with Crippen LogP contribution in [0.25, 0.3) is 10.8 Å². The standard InChI is InChI=1S/C17H12Cl2O3S/c1-11-5-7-12(8-6-11)23(20,21)22-16-4-2-3-14-13(16)9-10-15(18)17(14)19/h2-10H,1H3. The largest absolute Gasteiger partial charge is 0.378 e. The Morgan fingerprint density at radius 3 is 2.26 bits per heavy atom. The fraction of sp³-hybridized carbons (Fsp3) is 0.0588. The molecule has 0 amide bonds. The van der Waals surface area contributed by atoms with E-state index < -0.39 is 10.1 Å². The summed E-state index contributed by atoms with van der Waals surface area (Å²) >= 11 is 12.2. The van der Waals surface area contributed by atoms with Crippen molar-refractivity contribution in [2.24, 2.45) is 0 Å². The van der Waals surface area contributed by atoms with Crippen LogP contribution in [-0.2, 0) is 10.1 Å². The Hall–Kier alpha value is -1.75. The molecule has 3 nitrogen and oxygen atoms in total. The Balaban J connectivity index is 2.08. The van der Waals surface area contributed by atoms with Crippen LogP contribution < -0.4 is 4.18 Å². The van der Waals surface area contributed by atoms with Crippen molar-refractivity contribution in [3.05, 3.63) is 70.2 Å². The van der Waals surface area contributed by atoms with E-state index >= 15 is 0 Å². The summed E-state index contributed by atoms with van der Waals surface area (Å²) in [6, 6.07) is 14.8. The van der Waals surface area contributed by atoms with Gasteiger partial charge in [0.2, 0.25) is 0 Å². The molecule has 0 unspecified atom stereocenters. The summed E-state index contributed by atoms with van der Waals surface area (Å²) in [7, 11) is -3.92. The zero-order valence-corrected chi connectivity index (χ0v) is 14.4. The first-order valence-corrected chi connectivity index (χ1v) is 8.93. The van der Waals surface area contributed by atoms with Gasteiger partial charge in [0.25, 0.3) is 0 Å². The fourth-order valence-electron chi connectivity index (χ4n) is 2.21. The minimum Gasteiger partial charge on any atom is -0.378 e. The van der Waals surface area contributed by atoms with Gasteiger partial charge in [0.1, 0.15) is 4.90 Å². The van der Waals surface area contributed by atoms with E-state index in [-0.39, 0.29) is 10.6 Å². The number of hydrogen-bond donors (Lipinski definition) is 0. The number of rotatable bonds is 3. The minimum absolute atomic E-state index is 0.0974. The molecule has 3 rings (SSSR count). The summed E-state index contributed by atoms with van der Waals surface area (Å²) in [4.78, 5) is 0.0974. The van der Waals surface area contributed by atoms with Crippen molar-refractivity contribution in [2.75, 3.05) is 0 Å². The first-order chi connectivity index (χ1) is 10.9. The predicted octanol–water partition coefficient (Wildman–Crippen LogP) is 5.22. The summed E-state index contributed by atoms with van der Waals surface area (Å²) in [6.45, 7) is 1.88. The third-order valence-corrected chi connectivity index (χ3v) is 5.49. The van der Waals surface area contributed by atoms with Crippen LogP contribution in [0.3, 0.4) is 0 Å². The van der Waals surface area contributed by atoms with E-state index in [0.717, 1.165) is 5.56 Å². The molecule has 3 aromatic carbocycles. The van der Waals surface area contributed by atoms with Crippen LogP contribution in [0, 0.1) is 6.92 Å². The van der Waals surface area contributed by atoms with Gasteiger partial charge in [0, 0.05) is 10.8 Å². The van der Waals surface area contributed by atoms with Gasteiger partial charge in [-0.05, 0) is 37.3 Å². The summed E-state index contributed by atoms with van der Waals surface area (Å²) in [5.41, 5.74) is 0.968. The Bertz CT molecular complexity index is 981. The molecule has 0 N–H and O–H groups in total. The predicted molar refractivity (Wildman–Crippen MR) is 93.0 cm³/mol. The maximum atomic E-state index is 12.4. The van der Waals surface area contributed by atoms with E-state index in [1.54, 1.807) is 42.5 Å². The molecule has 118 valence electrons. The van der Waals surface area contributed by atoms with Gasteiger partial charge in [-0.15, -0.1) is 0 Å². The summed E-state index contributed by atoms with van der Waals surface area (Å²) in [5, 5.41) is 1.98. The Morgan fingerprint density at radius 1 is 0.870 bits per heavy atom. The highest BCUT2D eigenvalue weighted by Gasteiger charge is 2.18. The van der Waals surface area contributed by atoms with Crippen LogP contribution >= 0.6 is 23.2 Å². The van der Waals surface area contributed by atoms with E-state index in [2.05, 4.69) is 0 Å². The normalized spacial score (nSPS) is 11.6. The van der Waals surface area contributed by atoms with E-state index in [0.29, 0.717) is 20.8 Å². The highest BCUT2D eigenvalue weighted by atomic mass is 35.5. The third kappa shape index (κ3) is 3.15. The first-order valence-electron chi connectivity index (χ1n) is 6.76. The lowest BCUT2D eigenvalue weighted by molar-refractivity contribution is 0.488. The first kappa shape index (κ1) is 16.1. The quantitative estimate of drug-likeness (QED) is 0.596. The van der Waals surface area contributed by atoms with E-state index in [9.17, 15) is 8.42 Å². The fourth-order valence-corrected chi connectivity index (χ4v) is 3.55. The molecular formula is C17H12Cl2O3S. The lowest BCUT2D eigenvalue weighted by Crippen LogP contribution is -2.09. The molecule has 0 aliphatic carbocycles. The molecule has 0 radical (unpaired) electrons. The number of halogens is 2. The van der Waals surface area contributed by atoms with Crippen molar-refractivity contribution in [1.82, 2.24) is 0 Å². The smallest absolute Gasteiger partial charge is 0.339 e. The summed E-state index contributed by atoms with van der Waals surface area (Å²) in [5.74, 6) is 0.210. The highest BCUT2D eigenvalue weighted by molar-refractivity contribution is 7.87. The summed E-state index contributed by atoms with van der Waals surface area (Å²) < 4.78 is 30.2. The molecule has 0 saturated heterocycles. The Kier molecular flexibility index (Phi) is 4.23. The number of hydrogen-bond acceptors (Lipinski definition) is 3. The van der Waals surface area contributed by atoms with E-state index in [1.165, 1.54) is 12.1 Å². The van der Waals surface area contributed by atoms with Gasteiger partial charge in [-0.1, -0.05) is 53.0 Å². The Morgan fingerprint density at radius 2 is 1.57 bits per heavy atom. The zero-order valence-electron chi connectivity index (χ0n) is 12.1. The van der Waals surface area contributed by atoms with Crippen molar-refractivity contribution in [3.63, 3.8) is 0 Å². The van der Waals surface area contributed by atoms with Gasteiger partial charge >= 0.3 is 10.1 Å². The molecule has 3 aromatic rings. The molecule has 0 fully saturated rings. The Labute approximate surface area is 144 Å². The molecule has 0 aromatic heterocycles. The van der Waals surface area contributed by atoms with Gasteiger partial charge < -0.3 is 4.18 Å². The maximum absolute atomic E-state index is 12.4. The molecule has 6 heteroatoms. The third-order valence-electron chi connectivity index (χ3n) is 3.42. The van der Waals surface area contributed by atoms with Crippen molar-refractivity contribution in [2.45, 2.75) is 11.8 Å². The van der Waals surface area contributed by atoms with Crippen LogP contribution in [0.2, 0.25) is 10.0 Å². The zero-order chi connectivity index (χ0) is 16.6. The lowest BCUT2D eigenvalue weighted by atomic mass is 10.1. The van der Waals surface area contributed by atoms with Gasteiger partial charge in [-0.2, -0.15) is 8.42 Å². The number of fused-ring (bicyclic) bond motifs is 1. The topological polar surface area (TPSA) is 43.4 Å². The SMILES string of the molecule is Cc1ccc(S(=O)(=O)Oc2cccc3c(Cl)c(Cl)ccc23)cc1. The second kappa shape index (κ2) is 6.04. The van der Waals surface area contributed by atoms with Gasteiger partial charge in [0.05, 0.1) is 10.0 Å². The number of aryl methyl sites for hydroxylation is 1. The van der Waals surface area contributed by atoms with Crippen LogP contribution in [0.15, 0.2) is 59.5 Å². The average molecular weight is 367 g/mol. The van der Waals surface area contributed by atoms with Crippen LogP contribution in [-0.4, -0.2) is 8.42 Å². The monoisotopic (exact) mass is 366 g/mol. The highest BCUT2D eigenvalue weighted by Crippen LogP contribution is 2.36. The number of benzene rings is 3. The lowest BCUT2D eigenvalue weighted by Gasteiger charge is -2.11. The van der Waals surface area contributed by atoms with Crippen molar-refractivity contribution in [1.29, 1.82) is 0 Å². The van der Waals surface area contributed by atoms with E-state index in [4.69, 9.17) is 27.4 Å². The molecule has 0 atom stereocenters. The molecular weight excluding hydrogens is 355 g/mol.